The Balaban J connectivity index is 2.16. The number of aliphatic hydroxyl groups is 1. The van der Waals surface area contributed by atoms with E-state index in [0.29, 0.717) is 12.5 Å². The predicted molar refractivity (Wildman–Crippen MR) is 78.9 cm³/mol. The van der Waals surface area contributed by atoms with Crippen LogP contribution in [0.2, 0.25) is 0 Å². The van der Waals surface area contributed by atoms with Crippen LogP contribution in [0.5, 0.6) is 0 Å². The third-order valence-corrected chi connectivity index (χ3v) is 4.29. The van der Waals surface area contributed by atoms with Gasteiger partial charge in [0.2, 0.25) is 0 Å². The molecule has 18 heavy (non-hydrogen) atoms. The van der Waals surface area contributed by atoms with E-state index in [1.807, 2.05) is 12.1 Å². The summed E-state index contributed by atoms with van der Waals surface area (Å²) in [6.07, 6.45) is -0.518. The quantitative estimate of drug-likeness (QED) is 0.827. The van der Waals surface area contributed by atoms with Gasteiger partial charge in [0.15, 0.2) is 0 Å². The molecule has 0 saturated carbocycles. The molecule has 3 nitrogen and oxygen atoms in total. The Kier molecular flexibility index (Phi) is 4.43. The Labute approximate surface area is 116 Å². The third-order valence-electron chi connectivity index (χ3n) is 2.62. The van der Waals surface area contributed by atoms with Gasteiger partial charge in [-0.1, -0.05) is 13.8 Å². The highest BCUT2D eigenvalue weighted by atomic mass is 35.5. The van der Waals surface area contributed by atoms with Gasteiger partial charge in [-0.25, -0.2) is 4.98 Å². The van der Waals surface area contributed by atoms with Crippen LogP contribution in [0.1, 0.15) is 24.8 Å². The summed E-state index contributed by atoms with van der Waals surface area (Å²) in [4.78, 5) is 4.58. The lowest BCUT2D eigenvalue weighted by atomic mass is 10.2. The number of fused-ring (bicyclic) bond motifs is 1. The second-order valence-corrected chi connectivity index (χ2v) is 5.95. The van der Waals surface area contributed by atoms with Crippen LogP contribution in [0.15, 0.2) is 18.2 Å². The Morgan fingerprint density at radius 2 is 2.22 bits per heavy atom. The highest BCUT2D eigenvalue weighted by molar-refractivity contribution is 7.18. The average Bonchev–Trinajstić information content (AvgIpc) is 2.79. The topological polar surface area (TPSA) is 45.2 Å². The van der Waals surface area contributed by atoms with Gasteiger partial charge in [-0.15, -0.1) is 22.9 Å². The van der Waals surface area contributed by atoms with E-state index in [0.717, 1.165) is 16.2 Å². The van der Waals surface area contributed by atoms with Gasteiger partial charge in [-0.2, -0.15) is 0 Å². The summed E-state index contributed by atoms with van der Waals surface area (Å²) in [5.41, 5.74) is 2.03. The van der Waals surface area contributed by atoms with Crippen molar-refractivity contribution in [3.8, 4) is 0 Å². The van der Waals surface area contributed by atoms with E-state index in [4.69, 9.17) is 11.6 Å². The Morgan fingerprint density at radius 3 is 2.89 bits per heavy atom. The number of hydrogen-bond acceptors (Lipinski definition) is 4. The molecule has 0 bridgehead atoms. The van der Waals surface area contributed by atoms with Gasteiger partial charge < -0.3 is 10.4 Å². The van der Waals surface area contributed by atoms with Crippen molar-refractivity contribution in [2.75, 3.05) is 17.7 Å². The number of hydrogen-bond donors (Lipinski definition) is 2. The van der Waals surface area contributed by atoms with Gasteiger partial charge in [-0.05, 0) is 18.2 Å². The lowest BCUT2D eigenvalue weighted by Crippen LogP contribution is -2.20. The van der Waals surface area contributed by atoms with E-state index in [9.17, 15) is 5.11 Å². The molecule has 0 radical (unpaired) electrons. The minimum Gasteiger partial charge on any atom is -0.390 e. The first-order chi connectivity index (χ1) is 8.60. The van der Waals surface area contributed by atoms with Crippen LogP contribution in [0.3, 0.4) is 0 Å². The van der Waals surface area contributed by atoms with E-state index in [2.05, 4.69) is 30.2 Å². The van der Waals surface area contributed by atoms with Gasteiger partial charge in [0, 0.05) is 18.2 Å². The van der Waals surface area contributed by atoms with E-state index >= 15 is 0 Å². The molecule has 2 rings (SSSR count). The van der Waals surface area contributed by atoms with Crippen molar-refractivity contribution in [3.05, 3.63) is 23.2 Å². The van der Waals surface area contributed by atoms with Gasteiger partial charge in [0.1, 0.15) is 0 Å². The molecule has 1 aromatic heterocycles. The van der Waals surface area contributed by atoms with E-state index < -0.39 is 6.10 Å². The Hall–Kier alpha value is -0.840. The fourth-order valence-corrected chi connectivity index (χ4v) is 2.71. The number of thiazole rings is 1. The molecular formula is C13H17ClN2OS. The minimum absolute atomic E-state index is 0.243. The molecular weight excluding hydrogens is 268 g/mol. The smallest absolute Gasteiger partial charge is 0.0963 e. The zero-order chi connectivity index (χ0) is 13.1. The molecule has 0 fully saturated rings. The number of benzene rings is 1. The van der Waals surface area contributed by atoms with Gasteiger partial charge in [-0.3, -0.25) is 0 Å². The molecule has 0 amide bonds. The molecule has 1 atom stereocenters. The van der Waals surface area contributed by atoms with Crippen LogP contribution in [-0.4, -0.2) is 28.6 Å². The van der Waals surface area contributed by atoms with Crippen molar-refractivity contribution in [1.82, 2.24) is 4.98 Å². The number of alkyl halides is 1. The molecule has 0 spiro atoms. The van der Waals surface area contributed by atoms with E-state index in [-0.39, 0.29) is 5.88 Å². The molecule has 0 saturated heterocycles. The zero-order valence-electron chi connectivity index (χ0n) is 10.5. The first-order valence-electron chi connectivity index (χ1n) is 5.98. The van der Waals surface area contributed by atoms with Gasteiger partial charge in [0.25, 0.3) is 0 Å². The van der Waals surface area contributed by atoms with Crippen LogP contribution in [-0.2, 0) is 0 Å². The number of anilines is 1. The lowest BCUT2D eigenvalue weighted by molar-refractivity contribution is 0.211. The number of aliphatic hydroxyl groups excluding tert-OH is 1. The lowest BCUT2D eigenvalue weighted by Gasteiger charge is -2.09. The molecule has 1 heterocycles. The van der Waals surface area contributed by atoms with Gasteiger partial charge in [0.05, 0.1) is 27.2 Å². The third kappa shape index (κ3) is 3.13. The molecule has 0 aliphatic heterocycles. The molecule has 1 unspecified atom stereocenters. The second kappa shape index (κ2) is 5.87. The summed E-state index contributed by atoms with van der Waals surface area (Å²) in [7, 11) is 0. The number of aromatic nitrogens is 1. The number of halogens is 1. The van der Waals surface area contributed by atoms with Crippen LogP contribution in [0.4, 0.5) is 5.69 Å². The average molecular weight is 285 g/mol. The normalized spacial score (nSPS) is 13.2. The summed E-state index contributed by atoms with van der Waals surface area (Å²) in [5.74, 6) is 0.699. The molecule has 5 heteroatoms. The SMILES string of the molecule is CC(C)c1nc2ccc(NCC(O)CCl)cc2s1. The summed E-state index contributed by atoms with van der Waals surface area (Å²) >= 11 is 7.27. The monoisotopic (exact) mass is 284 g/mol. The standard InChI is InChI=1S/C13H17ClN2OS/c1-8(2)13-16-11-4-3-9(5-12(11)18-13)15-7-10(17)6-14/h3-5,8,10,15,17H,6-7H2,1-2H3. The maximum absolute atomic E-state index is 9.41. The largest absolute Gasteiger partial charge is 0.390 e. The molecule has 2 N–H and O–H groups in total. The summed E-state index contributed by atoms with van der Waals surface area (Å²) in [5, 5.41) is 13.7. The summed E-state index contributed by atoms with van der Waals surface area (Å²) < 4.78 is 1.17. The molecule has 0 aliphatic carbocycles. The van der Waals surface area contributed by atoms with Crippen molar-refractivity contribution in [2.24, 2.45) is 0 Å². The van der Waals surface area contributed by atoms with Crippen molar-refractivity contribution < 1.29 is 5.11 Å². The number of rotatable bonds is 5. The highest BCUT2D eigenvalue weighted by Gasteiger charge is 2.08. The molecule has 1 aromatic carbocycles. The van der Waals surface area contributed by atoms with E-state index in [1.54, 1.807) is 11.3 Å². The number of nitrogens with zero attached hydrogens (tertiary/aromatic N) is 1. The maximum Gasteiger partial charge on any atom is 0.0963 e. The van der Waals surface area contributed by atoms with Crippen molar-refractivity contribution in [2.45, 2.75) is 25.9 Å². The number of nitrogens with one attached hydrogen (secondary N) is 1. The Bertz CT molecular complexity index is 527. The zero-order valence-corrected chi connectivity index (χ0v) is 12.1. The first-order valence-corrected chi connectivity index (χ1v) is 7.33. The van der Waals surface area contributed by atoms with Crippen molar-refractivity contribution in [3.63, 3.8) is 0 Å². The van der Waals surface area contributed by atoms with Gasteiger partial charge >= 0.3 is 0 Å². The second-order valence-electron chi connectivity index (χ2n) is 4.58. The molecule has 98 valence electrons. The first kappa shape index (κ1) is 13.6. The summed E-state index contributed by atoms with van der Waals surface area (Å²) in [6, 6.07) is 6.06. The molecule has 2 aromatic rings. The van der Waals surface area contributed by atoms with Crippen LogP contribution in [0.25, 0.3) is 10.2 Å². The fourth-order valence-electron chi connectivity index (χ4n) is 1.59. The minimum atomic E-state index is -0.518. The molecule has 0 aliphatic rings. The summed E-state index contributed by atoms with van der Waals surface area (Å²) in [6.45, 7) is 4.76. The predicted octanol–water partition coefficient (Wildman–Crippen LogP) is 3.43. The Morgan fingerprint density at radius 1 is 1.44 bits per heavy atom. The maximum atomic E-state index is 9.41. The van der Waals surface area contributed by atoms with Crippen molar-refractivity contribution >= 4 is 38.8 Å². The fraction of sp³-hybridized carbons (Fsp3) is 0.462. The van der Waals surface area contributed by atoms with Crippen LogP contribution < -0.4 is 5.32 Å². The van der Waals surface area contributed by atoms with Crippen molar-refractivity contribution in [1.29, 1.82) is 0 Å². The highest BCUT2D eigenvalue weighted by Crippen LogP contribution is 2.29. The van der Waals surface area contributed by atoms with E-state index in [1.165, 1.54) is 4.70 Å². The van der Waals surface area contributed by atoms with Crippen LogP contribution in [0, 0.1) is 0 Å². The van der Waals surface area contributed by atoms with Crippen LogP contribution >= 0.6 is 22.9 Å².